The quantitative estimate of drug-likeness (QED) is 0.228. The highest BCUT2D eigenvalue weighted by atomic mass is 16.7. The van der Waals surface area contributed by atoms with Gasteiger partial charge in [0, 0.05) is 6.42 Å². The maximum Gasteiger partial charge on any atom is 0.342 e. The van der Waals surface area contributed by atoms with Crippen LogP contribution in [0.15, 0.2) is 36.4 Å². The Kier molecular flexibility index (Phi) is 7.94. The molecule has 0 bridgehead atoms. The number of phenols is 3. The van der Waals surface area contributed by atoms with Gasteiger partial charge in [-0.2, -0.15) is 0 Å². The van der Waals surface area contributed by atoms with Crippen molar-refractivity contribution in [1.29, 1.82) is 0 Å². The number of phenolic OH excluding ortho intramolecular Hbond substituents is 3. The summed E-state index contributed by atoms with van der Waals surface area (Å²) in [6.45, 7) is 0.915. The number of ketones is 1. The van der Waals surface area contributed by atoms with Gasteiger partial charge >= 0.3 is 5.97 Å². The summed E-state index contributed by atoms with van der Waals surface area (Å²) in [4.78, 5) is 23.4. The topological polar surface area (TPSA) is 183 Å². The van der Waals surface area contributed by atoms with Crippen molar-refractivity contribution >= 4 is 11.8 Å². The molecule has 184 valence electrons. The Labute approximate surface area is 194 Å². The Hall–Kier alpha value is -3.38. The lowest BCUT2D eigenvalue weighted by Gasteiger charge is -2.39. The number of aromatic hydroxyl groups is 3. The first kappa shape index (κ1) is 25.2. The van der Waals surface area contributed by atoms with Gasteiger partial charge in [-0.3, -0.25) is 0 Å². The van der Waals surface area contributed by atoms with E-state index >= 15 is 0 Å². The smallest absolute Gasteiger partial charge is 0.342 e. The predicted molar refractivity (Wildman–Crippen MR) is 114 cm³/mol. The number of hydrogen-bond donors (Lipinski definition) is 6. The van der Waals surface area contributed by atoms with Crippen LogP contribution in [0.1, 0.15) is 29.3 Å². The van der Waals surface area contributed by atoms with Gasteiger partial charge in [0.25, 0.3) is 0 Å². The van der Waals surface area contributed by atoms with Gasteiger partial charge in [-0.1, -0.05) is 12.1 Å². The van der Waals surface area contributed by atoms with Crippen LogP contribution in [-0.4, -0.2) is 79.7 Å². The number of esters is 1. The largest absolute Gasteiger partial charge is 0.504 e. The van der Waals surface area contributed by atoms with Crippen LogP contribution in [0, 0.1) is 0 Å². The maximum atomic E-state index is 12.2. The molecule has 5 unspecified atom stereocenters. The van der Waals surface area contributed by atoms with Gasteiger partial charge in [0.2, 0.25) is 12.0 Å². The summed E-state index contributed by atoms with van der Waals surface area (Å²) >= 11 is 0. The number of aryl methyl sites for hydroxylation is 1. The molecule has 0 radical (unpaired) electrons. The summed E-state index contributed by atoms with van der Waals surface area (Å²) in [5, 5.41) is 59.3. The third-order valence-electron chi connectivity index (χ3n) is 5.34. The van der Waals surface area contributed by atoms with Crippen LogP contribution in [0.5, 0.6) is 23.0 Å². The minimum Gasteiger partial charge on any atom is -0.504 e. The number of aliphatic hydroxyl groups is 3. The molecule has 0 amide bonds. The van der Waals surface area contributed by atoms with Crippen molar-refractivity contribution in [1.82, 2.24) is 0 Å². The fourth-order valence-corrected chi connectivity index (χ4v) is 3.31. The number of rotatable bonds is 8. The van der Waals surface area contributed by atoms with E-state index < -0.39 is 66.1 Å². The first-order valence-corrected chi connectivity index (χ1v) is 10.4. The zero-order chi connectivity index (χ0) is 25.0. The number of carbonyl (C=O) groups excluding carboxylic acids is 2. The van der Waals surface area contributed by atoms with Crippen molar-refractivity contribution in [2.45, 2.75) is 50.5 Å². The molecule has 1 heterocycles. The minimum atomic E-state index is -1.68. The van der Waals surface area contributed by atoms with Gasteiger partial charge in [-0.15, -0.1) is 0 Å². The number of hydrogen-bond acceptors (Lipinski definition) is 11. The van der Waals surface area contributed by atoms with Gasteiger partial charge in [-0.25, -0.2) is 4.79 Å². The van der Waals surface area contributed by atoms with E-state index in [0.29, 0.717) is 18.6 Å². The van der Waals surface area contributed by atoms with Crippen molar-refractivity contribution in [3.63, 3.8) is 0 Å². The normalized spacial score (nSPS) is 24.4. The molecule has 11 nitrogen and oxygen atoms in total. The van der Waals surface area contributed by atoms with Gasteiger partial charge in [0.15, 0.2) is 11.5 Å². The van der Waals surface area contributed by atoms with E-state index in [4.69, 9.17) is 14.2 Å². The molecule has 1 saturated heterocycles. The molecule has 34 heavy (non-hydrogen) atoms. The fraction of sp³-hybridized carbons (Fsp3) is 0.391. The third kappa shape index (κ3) is 5.75. The molecule has 0 spiro atoms. The monoisotopic (exact) mass is 478 g/mol. The summed E-state index contributed by atoms with van der Waals surface area (Å²) < 4.78 is 16.1. The van der Waals surface area contributed by atoms with Crippen molar-refractivity contribution < 1.29 is 54.4 Å². The molecule has 0 aromatic heterocycles. The molecule has 1 aliphatic heterocycles. The Morgan fingerprint density at radius 3 is 2.24 bits per heavy atom. The zero-order valence-electron chi connectivity index (χ0n) is 18.2. The van der Waals surface area contributed by atoms with E-state index in [1.807, 2.05) is 0 Å². The van der Waals surface area contributed by atoms with Crippen LogP contribution in [0.4, 0.5) is 0 Å². The highest BCUT2D eigenvalue weighted by Gasteiger charge is 2.45. The summed E-state index contributed by atoms with van der Waals surface area (Å²) in [6, 6.07) is 8.66. The van der Waals surface area contributed by atoms with Crippen LogP contribution in [-0.2, 0) is 20.7 Å². The van der Waals surface area contributed by atoms with E-state index in [1.54, 1.807) is 24.3 Å². The molecule has 2 aromatic carbocycles. The Balaban J connectivity index is 1.63. The molecule has 0 saturated carbocycles. The maximum absolute atomic E-state index is 12.2. The van der Waals surface area contributed by atoms with Crippen molar-refractivity contribution in [3.8, 4) is 23.0 Å². The molecule has 11 heteroatoms. The van der Waals surface area contributed by atoms with Crippen LogP contribution in [0.3, 0.4) is 0 Å². The summed E-state index contributed by atoms with van der Waals surface area (Å²) in [5.41, 5.74) is 0.454. The van der Waals surface area contributed by atoms with Crippen molar-refractivity contribution in [2.24, 2.45) is 0 Å². The second kappa shape index (κ2) is 10.7. The van der Waals surface area contributed by atoms with Gasteiger partial charge in [0.05, 0.1) is 0 Å². The molecular weight excluding hydrogens is 452 g/mol. The third-order valence-corrected chi connectivity index (χ3v) is 5.34. The first-order chi connectivity index (χ1) is 16.1. The Bertz CT molecular complexity index is 1020. The number of carbonyl (C=O) groups is 2. The molecule has 5 atom stereocenters. The fourth-order valence-electron chi connectivity index (χ4n) is 3.31. The van der Waals surface area contributed by atoms with Crippen LogP contribution in [0.25, 0.3) is 0 Å². The number of benzene rings is 2. The summed E-state index contributed by atoms with van der Waals surface area (Å²) in [7, 11) is 0. The predicted octanol–water partition coefficient (Wildman–Crippen LogP) is 0.368. The molecule has 2 aromatic rings. The standard InChI is InChI=1S/C23H26O11/c1-11(24)2-3-12-4-6-13(7-5-12)33-23-21(30)20(29)19(28)16(34-23)10-32-22(31)14-8-9-15(25)18(27)17(14)26/h4-9,16,19-21,23,25-30H,2-3,10H2,1H3. The number of Topliss-reactive ketones (excluding diaryl/α,β-unsaturated/α-hetero) is 1. The van der Waals surface area contributed by atoms with Crippen molar-refractivity contribution in [2.75, 3.05) is 6.61 Å². The van der Waals surface area contributed by atoms with E-state index in [0.717, 1.165) is 17.7 Å². The molecule has 1 fully saturated rings. The van der Waals surface area contributed by atoms with Crippen LogP contribution < -0.4 is 4.74 Å². The molecule has 6 N–H and O–H groups in total. The lowest BCUT2D eigenvalue weighted by molar-refractivity contribution is -0.277. The summed E-state index contributed by atoms with van der Waals surface area (Å²) in [5.74, 6) is -3.16. The highest BCUT2D eigenvalue weighted by molar-refractivity contribution is 5.93. The molecule has 3 rings (SSSR count). The van der Waals surface area contributed by atoms with Crippen LogP contribution in [0.2, 0.25) is 0 Å². The number of aliphatic hydroxyl groups excluding tert-OH is 3. The second-order valence-electron chi connectivity index (χ2n) is 7.91. The lowest BCUT2D eigenvalue weighted by Crippen LogP contribution is -2.60. The van der Waals surface area contributed by atoms with Gasteiger partial charge in [-0.05, 0) is 43.2 Å². The zero-order valence-corrected chi connectivity index (χ0v) is 18.2. The average Bonchev–Trinajstić information content (AvgIpc) is 2.81. The van der Waals surface area contributed by atoms with E-state index in [9.17, 15) is 40.2 Å². The molecule has 0 aliphatic carbocycles. The van der Waals surface area contributed by atoms with E-state index in [1.165, 1.54) is 6.92 Å². The number of ether oxygens (including phenoxy) is 3. The highest BCUT2D eigenvalue weighted by Crippen LogP contribution is 2.37. The average molecular weight is 478 g/mol. The first-order valence-electron chi connectivity index (χ1n) is 10.4. The van der Waals surface area contributed by atoms with Crippen LogP contribution >= 0.6 is 0 Å². The minimum absolute atomic E-state index is 0.0655. The summed E-state index contributed by atoms with van der Waals surface area (Å²) in [6.07, 6.45) is -6.66. The van der Waals surface area contributed by atoms with E-state index in [-0.39, 0.29) is 5.78 Å². The lowest BCUT2D eigenvalue weighted by atomic mass is 9.99. The SMILES string of the molecule is CC(=O)CCc1ccc(OC2OC(COC(=O)c3ccc(O)c(O)c3O)C(O)C(O)C2O)cc1. The Morgan fingerprint density at radius 2 is 1.59 bits per heavy atom. The Morgan fingerprint density at radius 1 is 0.912 bits per heavy atom. The van der Waals surface area contributed by atoms with Crippen molar-refractivity contribution in [3.05, 3.63) is 47.5 Å². The van der Waals surface area contributed by atoms with E-state index in [2.05, 4.69) is 0 Å². The van der Waals surface area contributed by atoms with Gasteiger partial charge < -0.3 is 49.6 Å². The van der Waals surface area contributed by atoms with Gasteiger partial charge in [0.1, 0.15) is 48.1 Å². The second-order valence-corrected chi connectivity index (χ2v) is 7.91. The molecule has 1 aliphatic rings. The molecular formula is C23H26O11.